The Hall–Kier alpha value is -0.850. The number of hydrogen-bond acceptors (Lipinski definition) is 4. The van der Waals surface area contributed by atoms with E-state index in [-0.39, 0.29) is 24.4 Å². The van der Waals surface area contributed by atoms with E-state index in [0.29, 0.717) is 17.8 Å². The van der Waals surface area contributed by atoms with E-state index in [0.717, 1.165) is 0 Å². The molecule has 18 heavy (non-hydrogen) atoms. The van der Waals surface area contributed by atoms with Crippen molar-refractivity contribution in [2.75, 3.05) is 19.7 Å². The fourth-order valence-electron chi connectivity index (χ4n) is 2.13. The first-order valence-electron chi connectivity index (χ1n) is 5.74. The van der Waals surface area contributed by atoms with Crippen LogP contribution in [0.25, 0.3) is 0 Å². The van der Waals surface area contributed by atoms with Crippen molar-refractivity contribution in [3.8, 4) is 0 Å². The molecule has 0 aliphatic carbocycles. The molecule has 1 aliphatic rings. The Kier molecular flexibility index (Phi) is 3.79. The number of ether oxygens (including phenoxy) is 1. The number of morpholine rings is 1. The summed E-state index contributed by atoms with van der Waals surface area (Å²) in [6, 6.07) is 3.31. The first kappa shape index (κ1) is 13.6. The van der Waals surface area contributed by atoms with Gasteiger partial charge < -0.3 is 19.2 Å². The lowest BCUT2D eigenvalue weighted by molar-refractivity contribution is -0.139. The van der Waals surface area contributed by atoms with Gasteiger partial charge in [0.15, 0.2) is 10.4 Å². The molecular weight excluding hydrogens is 302 g/mol. The van der Waals surface area contributed by atoms with Crippen LogP contribution in [0.3, 0.4) is 0 Å². The zero-order valence-electron chi connectivity index (χ0n) is 10.4. The highest BCUT2D eigenvalue weighted by Gasteiger charge is 2.36. The van der Waals surface area contributed by atoms with Crippen molar-refractivity contribution in [1.29, 1.82) is 0 Å². The molecule has 0 bridgehead atoms. The topological polar surface area (TPSA) is 62.9 Å². The van der Waals surface area contributed by atoms with Crippen LogP contribution >= 0.6 is 15.9 Å². The van der Waals surface area contributed by atoms with Crippen molar-refractivity contribution in [2.45, 2.75) is 25.6 Å². The van der Waals surface area contributed by atoms with Crippen LogP contribution < -0.4 is 0 Å². The van der Waals surface area contributed by atoms with Gasteiger partial charge in [-0.15, -0.1) is 0 Å². The normalized spacial score (nSPS) is 23.1. The van der Waals surface area contributed by atoms with Gasteiger partial charge in [0.05, 0.1) is 18.3 Å². The highest BCUT2D eigenvalue weighted by Crippen LogP contribution is 2.23. The first-order valence-corrected chi connectivity index (χ1v) is 6.54. The lowest BCUT2D eigenvalue weighted by Crippen LogP contribution is -2.55. The first-order chi connectivity index (χ1) is 8.41. The average molecular weight is 318 g/mol. The number of aliphatic hydroxyl groups excluding tert-OH is 1. The number of amides is 1. The van der Waals surface area contributed by atoms with Crippen molar-refractivity contribution >= 4 is 21.8 Å². The van der Waals surface area contributed by atoms with Crippen molar-refractivity contribution in [3.05, 3.63) is 22.6 Å². The summed E-state index contributed by atoms with van der Waals surface area (Å²) in [4.78, 5) is 13.9. The Labute approximate surface area is 114 Å². The van der Waals surface area contributed by atoms with E-state index in [1.54, 1.807) is 17.0 Å². The Bertz CT molecular complexity index is 443. The number of carbonyl (C=O) groups excluding carboxylic acids is 1. The summed E-state index contributed by atoms with van der Waals surface area (Å²) in [6.45, 7) is 4.53. The van der Waals surface area contributed by atoms with Crippen molar-refractivity contribution in [2.24, 2.45) is 0 Å². The van der Waals surface area contributed by atoms with Gasteiger partial charge in [-0.1, -0.05) is 0 Å². The maximum Gasteiger partial charge on any atom is 0.289 e. The third-order valence-electron chi connectivity index (χ3n) is 2.76. The number of rotatable bonds is 2. The van der Waals surface area contributed by atoms with Gasteiger partial charge in [0.1, 0.15) is 0 Å². The minimum absolute atomic E-state index is 0.102. The van der Waals surface area contributed by atoms with Crippen molar-refractivity contribution < 1.29 is 19.1 Å². The van der Waals surface area contributed by atoms with Gasteiger partial charge in [-0.2, -0.15) is 0 Å². The highest BCUT2D eigenvalue weighted by atomic mass is 79.9. The van der Waals surface area contributed by atoms with Crippen molar-refractivity contribution in [1.82, 2.24) is 4.90 Å². The molecule has 1 N–H and O–H groups in total. The van der Waals surface area contributed by atoms with E-state index in [4.69, 9.17) is 9.15 Å². The van der Waals surface area contributed by atoms with Crippen LogP contribution in [-0.4, -0.2) is 47.3 Å². The Morgan fingerprint density at radius 2 is 2.33 bits per heavy atom. The van der Waals surface area contributed by atoms with Crippen LogP contribution in [-0.2, 0) is 4.74 Å². The van der Waals surface area contributed by atoms with Gasteiger partial charge in [0, 0.05) is 13.1 Å². The molecule has 6 heteroatoms. The molecule has 0 aromatic carbocycles. The molecule has 1 aromatic rings. The number of furan rings is 1. The fourth-order valence-corrected chi connectivity index (χ4v) is 2.44. The second-order valence-corrected chi connectivity index (χ2v) is 5.75. The van der Waals surface area contributed by atoms with Gasteiger partial charge in [0.25, 0.3) is 5.91 Å². The van der Waals surface area contributed by atoms with Crippen LogP contribution in [0, 0.1) is 0 Å². The Morgan fingerprint density at radius 1 is 1.61 bits per heavy atom. The second kappa shape index (κ2) is 5.03. The van der Waals surface area contributed by atoms with Crippen LogP contribution in [0.2, 0.25) is 0 Å². The zero-order valence-corrected chi connectivity index (χ0v) is 11.9. The molecule has 1 fully saturated rings. The van der Waals surface area contributed by atoms with E-state index in [1.165, 1.54) is 0 Å². The van der Waals surface area contributed by atoms with Gasteiger partial charge >= 0.3 is 0 Å². The summed E-state index contributed by atoms with van der Waals surface area (Å²) < 4.78 is 11.4. The predicted octanol–water partition coefficient (Wildman–Crippen LogP) is 1.65. The SMILES string of the molecule is CC1(C)CN(C(=O)c2ccc(Br)o2)CC(CO)O1. The molecule has 2 rings (SSSR count). The summed E-state index contributed by atoms with van der Waals surface area (Å²) in [7, 11) is 0. The van der Waals surface area contributed by atoms with Crippen LogP contribution in [0.4, 0.5) is 0 Å². The largest absolute Gasteiger partial charge is 0.444 e. The molecule has 0 spiro atoms. The van der Waals surface area contributed by atoms with Crippen LogP contribution in [0.5, 0.6) is 0 Å². The summed E-state index contributed by atoms with van der Waals surface area (Å²) in [5, 5.41) is 9.20. The molecule has 0 radical (unpaired) electrons. The van der Waals surface area contributed by atoms with E-state index in [1.807, 2.05) is 13.8 Å². The number of carbonyl (C=O) groups is 1. The van der Waals surface area contributed by atoms with Crippen LogP contribution in [0.1, 0.15) is 24.4 Å². The smallest absolute Gasteiger partial charge is 0.289 e. The van der Waals surface area contributed by atoms with Gasteiger partial charge in [-0.05, 0) is 41.9 Å². The predicted molar refractivity (Wildman–Crippen MR) is 68.3 cm³/mol. The molecule has 0 saturated carbocycles. The number of halogens is 1. The fraction of sp³-hybridized carbons (Fsp3) is 0.583. The second-order valence-electron chi connectivity index (χ2n) is 4.97. The standard InChI is InChI=1S/C12H16BrNO4/c1-12(2)7-14(5-8(6-15)18-12)11(16)9-3-4-10(13)17-9/h3-4,8,15H,5-7H2,1-2H3. The Morgan fingerprint density at radius 3 is 2.89 bits per heavy atom. The van der Waals surface area contributed by atoms with E-state index in [9.17, 15) is 9.90 Å². The molecule has 1 aliphatic heterocycles. The molecule has 1 aromatic heterocycles. The molecular formula is C12H16BrNO4. The maximum absolute atomic E-state index is 12.2. The minimum Gasteiger partial charge on any atom is -0.444 e. The molecule has 1 unspecified atom stereocenters. The number of nitrogens with zero attached hydrogens (tertiary/aromatic N) is 1. The summed E-state index contributed by atoms with van der Waals surface area (Å²) in [5.41, 5.74) is -0.467. The molecule has 100 valence electrons. The lowest BCUT2D eigenvalue weighted by atomic mass is 10.1. The Balaban J connectivity index is 2.14. The minimum atomic E-state index is -0.467. The van der Waals surface area contributed by atoms with Gasteiger partial charge in [-0.3, -0.25) is 4.79 Å². The van der Waals surface area contributed by atoms with Gasteiger partial charge in [-0.25, -0.2) is 0 Å². The molecule has 1 amide bonds. The third-order valence-corrected chi connectivity index (χ3v) is 3.18. The van der Waals surface area contributed by atoms with E-state index in [2.05, 4.69) is 15.9 Å². The van der Waals surface area contributed by atoms with Crippen LogP contribution in [0.15, 0.2) is 21.2 Å². The molecule has 1 atom stereocenters. The lowest BCUT2D eigenvalue weighted by Gasteiger charge is -2.41. The summed E-state index contributed by atoms with van der Waals surface area (Å²) in [6.07, 6.45) is -0.351. The molecule has 1 saturated heterocycles. The van der Waals surface area contributed by atoms with Gasteiger partial charge in [0.2, 0.25) is 0 Å². The molecule has 5 nitrogen and oxygen atoms in total. The number of hydrogen-bond donors (Lipinski definition) is 1. The number of aliphatic hydroxyl groups is 1. The molecule has 2 heterocycles. The van der Waals surface area contributed by atoms with Crippen molar-refractivity contribution in [3.63, 3.8) is 0 Å². The van der Waals surface area contributed by atoms with E-state index >= 15 is 0 Å². The maximum atomic E-state index is 12.2. The zero-order chi connectivity index (χ0) is 13.3. The summed E-state index contributed by atoms with van der Waals surface area (Å²) in [5.74, 6) is 0.104. The quantitative estimate of drug-likeness (QED) is 0.901. The average Bonchev–Trinajstić information content (AvgIpc) is 2.72. The third kappa shape index (κ3) is 2.93. The monoisotopic (exact) mass is 317 g/mol. The van der Waals surface area contributed by atoms with E-state index < -0.39 is 5.60 Å². The summed E-state index contributed by atoms with van der Waals surface area (Å²) >= 11 is 3.17. The highest BCUT2D eigenvalue weighted by molar-refractivity contribution is 9.10.